The Morgan fingerprint density at radius 2 is 1.83 bits per heavy atom. The maximum absolute atomic E-state index is 12.9. The van der Waals surface area contributed by atoms with Crippen LogP contribution in [0, 0.1) is 5.92 Å². The van der Waals surface area contributed by atoms with Crippen LogP contribution in [0.2, 0.25) is 0 Å². The average Bonchev–Trinajstić information content (AvgIpc) is 2.35. The van der Waals surface area contributed by atoms with Crippen molar-refractivity contribution >= 4 is 0 Å². The molecule has 0 amide bonds. The van der Waals surface area contributed by atoms with Crippen molar-refractivity contribution in [2.75, 3.05) is 19.7 Å². The zero-order valence-corrected chi connectivity index (χ0v) is 10.9. The summed E-state index contributed by atoms with van der Waals surface area (Å²) in [4.78, 5) is 0. The molecule has 0 radical (unpaired) electrons. The van der Waals surface area contributed by atoms with Crippen LogP contribution in [-0.2, 0) is 0 Å². The molecule has 0 saturated carbocycles. The quantitative estimate of drug-likeness (QED) is 0.787. The molecule has 1 aromatic rings. The lowest BCUT2D eigenvalue weighted by molar-refractivity contribution is -0.0477. The minimum atomic E-state index is -3.04. The van der Waals surface area contributed by atoms with Gasteiger partial charge in [0.15, 0.2) is 0 Å². The standard InChI is InChI=1S/C14H21F2NO/c1-11(2)13(12-6-4-3-5-7-12)8-17-9-14(15,16)10-18/h3-7,11,13,17-18H,8-10H2,1-2H3. The SMILES string of the molecule is CC(C)C(CNCC(F)(F)CO)c1ccccc1. The van der Waals surface area contributed by atoms with Crippen molar-refractivity contribution in [1.82, 2.24) is 5.32 Å². The Labute approximate surface area is 107 Å². The van der Waals surface area contributed by atoms with Crippen molar-refractivity contribution in [3.05, 3.63) is 35.9 Å². The third kappa shape index (κ3) is 4.70. The number of hydrogen-bond donors (Lipinski definition) is 2. The van der Waals surface area contributed by atoms with E-state index in [1.165, 1.54) is 0 Å². The van der Waals surface area contributed by atoms with Crippen LogP contribution in [0.5, 0.6) is 0 Å². The summed E-state index contributed by atoms with van der Waals surface area (Å²) in [6.07, 6.45) is 0. The van der Waals surface area contributed by atoms with Gasteiger partial charge in [0.05, 0.1) is 6.54 Å². The normalized spacial score (nSPS) is 13.9. The first-order valence-electron chi connectivity index (χ1n) is 6.20. The molecular formula is C14H21F2NO. The van der Waals surface area contributed by atoms with Crippen molar-refractivity contribution in [2.45, 2.75) is 25.7 Å². The highest BCUT2D eigenvalue weighted by Gasteiger charge is 2.27. The third-order valence-electron chi connectivity index (χ3n) is 3.01. The van der Waals surface area contributed by atoms with Gasteiger partial charge in [0.1, 0.15) is 6.61 Å². The smallest absolute Gasteiger partial charge is 0.282 e. The summed E-state index contributed by atoms with van der Waals surface area (Å²) >= 11 is 0. The van der Waals surface area contributed by atoms with Crippen LogP contribution in [0.3, 0.4) is 0 Å². The molecule has 0 aliphatic carbocycles. The van der Waals surface area contributed by atoms with Crippen LogP contribution in [-0.4, -0.2) is 30.7 Å². The van der Waals surface area contributed by atoms with E-state index in [1.54, 1.807) is 0 Å². The van der Waals surface area contributed by atoms with E-state index in [4.69, 9.17) is 5.11 Å². The number of aliphatic hydroxyl groups excluding tert-OH is 1. The maximum Gasteiger partial charge on any atom is 0.282 e. The van der Waals surface area contributed by atoms with E-state index in [1.807, 2.05) is 30.3 Å². The molecule has 1 aromatic carbocycles. The van der Waals surface area contributed by atoms with Gasteiger partial charge in [0.25, 0.3) is 5.92 Å². The van der Waals surface area contributed by atoms with Crippen molar-refractivity contribution in [3.8, 4) is 0 Å². The van der Waals surface area contributed by atoms with E-state index in [2.05, 4.69) is 19.2 Å². The summed E-state index contributed by atoms with van der Waals surface area (Å²) in [6, 6.07) is 9.86. The molecule has 0 spiro atoms. The van der Waals surface area contributed by atoms with Crippen LogP contribution in [0.15, 0.2) is 30.3 Å². The molecule has 2 N–H and O–H groups in total. The Hall–Kier alpha value is -1.00. The molecule has 102 valence electrons. The lowest BCUT2D eigenvalue weighted by Crippen LogP contribution is -2.38. The van der Waals surface area contributed by atoms with E-state index >= 15 is 0 Å². The Kier molecular flexibility index (Phi) is 5.69. The molecule has 1 unspecified atom stereocenters. The highest BCUT2D eigenvalue weighted by Crippen LogP contribution is 2.23. The van der Waals surface area contributed by atoms with Gasteiger partial charge in [-0.1, -0.05) is 44.2 Å². The van der Waals surface area contributed by atoms with Gasteiger partial charge in [-0.15, -0.1) is 0 Å². The summed E-state index contributed by atoms with van der Waals surface area (Å²) in [5.74, 6) is -2.48. The summed E-state index contributed by atoms with van der Waals surface area (Å²) in [7, 11) is 0. The van der Waals surface area contributed by atoms with Crippen LogP contribution in [0.1, 0.15) is 25.3 Å². The minimum Gasteiger partial charge on any atom is -0.390 e. The van der Waals surface area contributed by atoms with Crippen molar-refractivity contribution in [2.24, 2.45) is 5.92 Å². The number of halogens is 2. The Morgan fingerprint density at radius 3 is 2.33 bits per heavy atom. The first kappa shape index (κ1) is 15.1. The lowest BCUT2D eigenvalue weighted by atomic mass is 9.88. The van der Waals surface area contributed by atoms with Crippen LogP contribution in [0.25, 0.3) is 0 Å². The summed E-state index contributed by atoms with van der Waals surface area (Å²) in [5.41, 5.74) is 1.15. The molecule has 0 fully saturated rings. The molecule has 4 heteroatoms. The van der Waals surface area contributed by atoms with Crippen molar-refractivity contribution in [1.29, 1.82) is 0 Å². The van der Waals surface area contributed by atoms with Crippen molar-refractivity contribution in [3.63, 3.8) is 0 Å². The van der Waals surface area contributed by atoms with Gasteiger partial charge in [-0.05, 0) is 17.4 Å². The molecule has 18 heavy (non-hydrogen) atoms. The second-order valence-corrected chi connectivity index (χ2v) is 4.91. The summed E-state index contributed by atoms with van der Waals surface area (Å²) in [6.45, 7) is 3.03. The topological polar surface area (TPSA) is 32.3 Å². The Morgan fingerprint density at radius 1 is 1.22 bits per heavy atom. The third-order valence-corrected chi connectivity index (χ3v) is 3.01. The maximum atomic E-state index is 12.9. The lowest BCUT2D eigenvalue weighted by Gasteiger charge is -2.23. The largest absolute Gasteiger partial charge is 0.390 e. The number of aliphatic hydroxyl groups is 1. The van der Waals surface area contributed by atoms with Gasteiger partial charge in [0.2, 0.25) is 0 Å². The number of rotatable bonds is 7. The summed E-state index contributed by atoms with van der Waals surface area (Å²) in [5, 5.41) is 11.2. The predicted molar refractivity (Wildman–Crippen MR) is 68.9 cm³/mol. The van der Waals surface area contributed by atoms with E-state index in [9.17, 15) is 8.78 Å². The fourth-order valence-corrected chi connectivity index (χ4v) is 1.91. The van der Waals surface area contributed by atoms with Gasteiger partial charge in [-0.2, -0.15) is 0 Å². The van der Waals surface area contributed by atoms with Gasteiger partial charge in [-0.25, -0.2) is 8.78 Å². The molecule has 0 aliphatic rings. The molecule has 0 aliphatic heterocycles. The monoisotopic (exact) mass is 257 g/mol. The first-order valence-corrected chi connectivity index (χ1v) is 6.20. The molecule has 0 aromatic heterocycles. The van der Waals surface area contributed by atoms with Gasteiger partial charge >= 0.3 is 0 Å². The van der Waals surface area contributed by atoms with E-state index in [0.29, 0.717) is 12.5 Å². The van der Waals surface area contributed by atoms with Gasteiger partial charge in [-0.3, -0.25) is 0 Å². The fraction of sp³-hybridized carbons (Fsp3) is 0.571. The van der Waals surface area contributed by atoms with E-state index in [-0.39, 0.29) is 5.92 Å². The van der Waals surface area contributed by atoms with Crippen LogP contribution >= 0.6 is 0 Å². The van der Waals surface area contributed by atoms with Crippen LogP contribution in [0.4, 0.5) is 8.78 Å². The average molecular weight is 257 g/mol. The Bertz CT molecular complexity index is 341. The van der Waals surface area contributed by atoms with Gasteiger partial charge in [0, 0.05) is 6.54 Å². The molecule has 1 atom stereocenters. The second-order valence-electron chi connectivity index (χ2n) is 4.91. The van der Waals surface area contributed by atoms with E-state index in [0.717, 1.165) is 5.56 Å². The zero-order chi connectivity index (χ0) is 13.6. The van der Waals surface area contributed by atoms with Crippen LogP contribution < -0.4 is 5.32 Å². The molecule has 0 saturated heterocycles. The predicted octanol–water partition coefficient (Wildman–Crippen LogP) is 2.64. The Balaban J connectivity index is 2.55. The highest BCUT2D eigenvalue weighted by molar-refractivity contribution is 5.20. The number of benzene rings is 1. The van der Waals surface area contributed by atoms with Gasteiger partial charge < -0.3 is 10.4 Å². The fourth-order valence-electron chi connectivity index (χ4n) is 1.91. The number of nitrogens with one attached hydrogen (secondary N) is 1. The molecule has 2 nitrogen and oxygen atoms in total. The molecule has 0 bridgehead atoms. The minimum absolute atomic E-state index is 0.195. The first-order chi connectivity index (χ1) is 8.46. The highest BCUT2D eigenvalue weighted by atomic mass is 19.3. The zero-order valence-electron chi connectivity index (χ0n) is 10.9. The molecular weight excluding hydrogens is 236 g/mol. The molecule has 1 rings (SSSR count). The second kappa shape index (κ2) is 6.81. The number of alkyl halides is 2. The van der Waals surface area contributed by atoms with E-state index < -0.39 is 19.1 Å². The summed E-state index contributed by atoms with van der Waals surface area (Å²) < 4.78 is 25.8. The number of hydrogen-bond acceptors (Lipinski definition) is 2. The molecule has 0 heterocycles. The van der Waals surface area contributed by atoms with Crippen molar-refractivity contribution < 1.29 is 13.9 Å².